The lowest BCUT2D eigenvalue weighted by molar-refractivity contribution is -0.123. The minimum atomic E-state index is -0.518. The lowest BCUT2D eigenvalue weighted by atomic mass is 9.99. The maximum atomic E-state index is 13.3. The van der Waals surface area contributed by atoms with Crippen LogP contribution in [0.3, 0.4) is 0 Å². The first kappa shape index (κ1) is 18.4. The molecule has 3 nitrogen and oxygen atoms in total. The molecule has 6 heteroatoms. The zero-order valence-corrected chi connectivity index (χ0v) is 13.4. The molecule has 0 aliphatic heterocycles. The van der Waals surface area contributed by atoms with Crippen molar-refractivity contribution in [2.24, 2.45) is 11.7 Å². The van der Waals surface area contributed by atoms with E-state index in [1.165, 1.54) is 6.07 Å². The van der Waals surface area contributed by atoms with Crippen molar-refractivity contribution in [1.29, 1.82) is 0 Å². The normalized spacial score (nSPS) is 13.3. The van der Waals surface area contributed by atoms with E-state index in [-0.39, 0.29) is 36.6 Å². The van der Waals surface area contributed by atoms with E-state index in [1.54, 1.807) is 12.1 Å². The van der Waals surface area contributed by atoms with Gasteiger partial charge in [0, 0.05) is 6.54 Å². The highest BCUT2D eigenvalue weighted by molar-refractivity contribution is 9.10. The van der Waals surface area contributed by atoms with Crippen LogP contribution in [0.4, 0.5) is 4.39 Å². The van der Waals surface area contributed by atoms with Gasteiger partial charge < -0.3 is 11.1 Å². The van der Waals surface area contributed by atoms with Gasteiger partial charge in [0.15, 0.2) is 0 Å². The Kier molecular flexibility index (Phi) is 8.22. The molecule has 0 aliphatic rings. The highest BCUT2D eigenvalue weighted by Gasteiger charge is 2.18. The Bertz CT molecular complexity index is 431. The van der Waals surface area contributed by atoms with Crippen LogP contribution in [0.15, 0.2) is 22.7 Å². The van der Waals surface area contributed by atoms with Gasteiger partial charge in [-0.15, -0.1) is 12.4 Å². The second kappa shape index (κ2) is 8.51. The number of halogens is 3. The van der Waals surface area contributed by atoms with E-state index >= 15 is 0 Å². The molecule has 1 rings (SSSR count). The number of rotatable bonds is 5. The van der Waals surface area contributed by atoms with Gasteiger partial charge in [-0.2, -0.15) is 0 Å². The summed E-state index contributed by atoms with van der Waals surface area (Å²) >= 11 is 3.08. The fraction of sp³-hybridized carbons (Fsp3) is 0.462. The van der Waals surface area contributed by atoms with Crippen LogP contribution < -0.4 is 11.1 Å². The molecule has 0 fully saturated rings. The number of hydrogen-bond acceptors (Lipinski definition) is 2. The molecule has 0 aromatic heterocycles. The number of amides is 1. The lowest BCUT2D eigenvalue weighted by Crippen LogP contribution is -2.44. The lowest BCUT2D eigenvalue weighted by Gasteiger charge is -2.17. The van der Waals surface area contributed by atoms with Gasteiger partial charge in [0.2, 0.25) is 5.91 Å². The van der Waals surface area contributed by atoms with Gasteiger partial charge in [0.25, 0.3) is 0 Å². The van der Waals surface area contributed by atoms with Crippen molar-refractivity contribution in [3.63, 3.8) is 0 Å². The van der Waals surface area contributed by atoms with Crippen LogP contribution in [0.25, 0.3) is 0 Å². The first-order valence-corrected chi connectivity index (χ1v) is 6.72. The third kappa shape index (κ3) is 5.47. The molecule has 2 unspecified atom stereocenters. The van der Waals surface area contributed by atoms with Crippen molar-refractivity contribution >= 4 is 34.2 Å². The molecule has 0 radical (unpaired) electrons. The Balaban J connectivity index is 0.00000324. The van der Waals surface area contributed by atoms with E-state index in [1.807, 2.05) is 13.8 Å². The number of nitrogens with two attached hydrogens (primary N) is 1. The van der Waals surface area contributed by atoms with Crippen molar-refractivity contribution in [3.8, 4) is 0 Å². The largest absolute Gasteiger partial charge is 0.351 e. The number of carbonyl (C=O) groups excluding carboxylic acids is 1. The van der Waals surface area contributed by atoms with E-state index in [4.69, 9.17) is 5.73 Å². The van der Waals surface area contributed by atoms with Crippen LogP contribution in [0, 0.1) is 11.7 Å². The van der Waals surface area contributed by atoms with Crippen molar-refractivity contribution in [1.82, 2.24) is 5.32 Å². The Morgan fingerprint density at radius 2 is 2.16 bits per heavy atom. The van der Waals surface area contributed by atoms with E-state index in [0.717, 1.165) is 6.42 Å². The maximum Gasteiger partial charge on any atom is 0.237 e. The van der Waals surface area contributed by atoms with Crippen molar-refractivity contribution in [3.05, 3.63) is 34.1 Å². The molecule has 108 valence electrons. The summed E-state index contributed by atoms with van der Waals surface area (Å²) in [6.45, 7) is 4.21. The quantitative estimate of drug-likeness (QED) is 0.855. The fourth-order valence-corrected chi connectivity index (χ4v) is 1.72. The molecule has 1 aromatic carbocycles. The van der Waals surface area contributed by atoms with Gasteiger partial charge in [-0.1, -0.05) is 26.3 Å². The summed E-state index contributed by atoms with van der Waals surface area (Å²) in [6, 6.07) is 4.24. The molecular weight excluding hydrogens is 335 g/mol. The topological polar surface area (TPSA) is 55.1 Å². The molecule has 0 saturated heterocycles. The Morgan fingerprint density at radius 1 is 1.53 bits per heavy atom. The van der Waals surface area contributed by atoms with E-state index in [2.05, 4.69) is 21.2 Å². The second-order valence-electron chi connectivity index (χ2n) is 4.38. The molecule has 1 aromatic rings. The van der Waals surface area contributed by atoms with E-state index < -0.39 is 6.04 Å². The average Bonchev–Trinajstić information content (AvgIpc) is 2.37. The number of nitrogens with one attached hydrogen (secondary N) is 1. The number of hydrogen-bond donors (Lipinski definition) is 2. The highest BCUT2D eigenvalue weighted by atomic mass is 79.9. The summed E-state index contributed by atoms with van der Waals surface area (Å²) < 4.78 is 13.7. The molecular formula is C13H19BrClFN2O. The van der Waals surface area contributed by atoms with Gasteiger partial charge in [-0.25, -0.2) is 4.39 Å². The maximum absolute atomic E-state index is 13.3. The molecule has 0 spiro atoms. The first-order valence-electron chi connectivity index (χ1n) is 5.93. The summed E-state index contributed by atoms with van der Waals surface area (Å²) in [5.41, 5.74) is 6.50. The van der Waals surface area contributed by atoms with Gasteiger partial charge >= 0.3 is 0 Å². The third-order valence-electron chi connectivity index (χ3n) is 3.01. The van der Waals surface area contributed by atoms with Crippen molar-refractivity contribution in [2.75, 3.05) is 0 Å². The molecule has 19 heavy (non-hydrogen) atoms. The average molecular weight is 354 g/mol. The molecule has 2 atom stereocenters. The van der Waals surface area contributed by atoms with Crippen molar-refractivity contribution < 1.29 is 9.18 Å². The van der Waals surface area contributed by atoms with Crippen molar-refractivity contribution in [2.45, 2.75) is 32.9 Å². The molecule has 0 heterocycles. The van der Waals surface area contributed by atoms with Crippen LogP contribution in [-0.4, -0.2) is 11.9 Å². The van der Waals surface area contributed by atoms with E-state index in [0.29, 0.717) is 10.0 Å². The van der Waals surface area contributed by atoms with Gasteiger partial charge in [-0.3, -0.25) is 4.79 Å². The van der Waals surface area contributed by atoms with Gasteiger partial charge in [-0.05, 0) is 39.5 Å². The Morgan fingerprint density at radius 3 is 2.68 bits per heavy atom. The van der Waals surface area contributed by atoms with Crippen LogP contribution in [0.2, 0.25) is 0 Å². The zero-order valence-electron chi connectivity index (χ0n) is 11.0. The predicted molar refractivity (Wildman–Crippen MR) is 80.6 cm³/mol. The standard InChI is InChI=1S/C13H18BrFN2O.ClH/c1-3-8(2)12(16)13(18)17-7-9-4-5-10(14)11(15)6-9;/h4-6,8,12H,3,7,16H2,1-2H3,(H,17,18);1H. The number of benzene rings is 1. The van der Waals surface area contributed by atoms with Crippen LogP contribution in [0.1, 0.15) is 25.8 Å². The minimum absolute atomic E-state index is 0. The molecule has 3 N–H and O–H groups in total. The summed E-state index contributed by atoms with van der Waals surface area (Å²) in [4.78, 5) is 11.7. The van der Waals surface area contributed by atoms with Crippen LogP contribution >= 0.6 is 28.3 Å². The van der Waals surface area contributed by atoms with Gasteiger partial charge in [0.05, 0.1) is 10.5 Å². The second-order valence-corrected chi connectivity index (χ2v) is 5.23. The SMILES string of the molecule is CCC(C)C(N)C(=O)NCc1ccc(Br)c(F)c1.Cl. The third-order valence-corrected chi connectivity index (χ3v) is 3.65. The molecule has 1 amide bonds. The summed E-state index contributed by atoms with van der Waals surface area (Å²) in [5, 5.41) is 2.71. The highest BCUT2D eigenvalue weighted by Crippen LogP contribution is 2.16. The monoisotopic (exact) mass is 352 g/mol. The van der Waals surface area contributed by atoms with E-state index in [9.17, 15) is 9.18 Å². The zero-order chi connectivity index (χ0) is 13.7. The molecule has 0 aliphatic carbocycles. The summed E-state index contributed by atoms with van der Waals surface area (Å²) in [7, 11) is 0. The Hall–Kier alpha value is -0.650. The van der Waals surface area contributed by atoms with Gasteiger partial charge in [0.1, 0.15) is 5.82 Å². The first-order chi connectivity index (χ1) is 8.45. The number of carbonyl (C=O) groups is 1. The molecule has 0 bridgehead atoms. The smallest absolute Gasteiger partial charge is 0.237 e. The summed E-state index contributed by atoms with van der Waals surface area (Å²) in [5.74, 6) is -0.410. The minimum Gasteiger partial charge on any atom is -0.351 e. The van der Waals surface area contributed by atoms with Crippen LogP contribution in [-0.2, 0) is 11.3 Å². The fourth-order valence-electron chi connectivity index (χ4n) is 1.47. The Labute approximate surface area is 127 Å². The van der Waals surface area contributed by atoms with Crippen LogP contribution in [0.5, 0.6) is 0 Å². The summed E-state index contributed by atoms with van der Waals surface area (Å²) in [6.07, 6.45) is 0.849. The predicted octanol–water partition coefficient (Wildman–Crippen LogP) is 3.00. The molecule has 0 saturated carbocycles.